The standard InChI is InChI=1S/C25H23Cl2FN2O4S/c1-13(2)10-34-11-15-5-4-6-17(22(15)28)21-12-35-25(29-21)30-23(31)16-8-19(26)18(20(27)9-16)7-14(3)24(32)33/h4-9,12-13H,10-11H2,1-3H3,(H,32,33)(H,29,30,31). The Morgan fingerprint density at radius 2 is 1.94 bits per heavy atom. The van der Waals surface area contributed by atoms with Crippen molar-refractivity contribution in [3.8, 4) is 11.3 Å². The fourth-order valence-corrected chi connectivity index (χ4v) is 4.35. The average Bonchev–Trinajstić information content (AvgIpc) is 3.24. The van der Waals surface area contributed by atoms with Crippen LogP contribution in [0.5, 0.6) is 0 Å². The minimum atomic E-state index is -1.11. The molecule has 1 aromatic heterocycles. The number of hydrogen-bond acceptors (Lipinski definition) is 5. The van der Waals surface area contributed by atoms with Gasteiger partial charge in [0.2, 0.25) is 0 Å². The van der Waals surface area contributed by atoms with E-state index in [4.69, 9.17) is 33.0 Å². The predicted molar refractivity (Wildman–Crippen MR) is 138 cm³/mol. The van der Waals surface area contributed by atoms with E-state index in [1.807, 2.05) is 13.8 Å². The Bertz CT molecular complexity index is 1270. The lowest BCUT2D eigenvalue weighted by Gasteiger charge is -2.09. The number of nitrogens with one attached hydrogen (secondary N) is 1. The molecule has 184 valence electrons. The smallest absolute Gasteiger partial charge is 0.331 e. The number of hydrogen-bond donors (Lipinski definition) is 2. The fourth-order valence-electron chi connectivity index (χ4n) is 3.05. The van der Waals surface area contributed by atoms with E-state index in [1.165, 1.54) is 25.1 Å². The first-order valence-corrected chi connectivity index (χ1v) is 12.2. The summed E-state index contributed by atoms with van der Waals surface area (Å²) in [7, 11) is 0. The highest BCUT2D eigenvalue weighted by molar-refractivity contribution is 7.14. The van der Waals surface area contributed by atoms with Crippen LogP contribution < -0.4 is 5.32 Å². The summed E-state index contributed by atoms with van der Waals surface area (Å²) in [6, 6.07) is 7.79. The van der Waals surface area contributed by atoms with Gasteiger partial charge in [-0.05, 0) is 37.1 Å². The highest BCUT2D eigenvalue weighted by Gasteiger charge is 2.17. The number of ether oxygens (including phenoxy) is 1. The third-order valence-electron chi connectivity index (χ3n) is 4.83. The lowest BCUT2D eigenvalue weighted by Crippen LogP contribution is -2.12. The number of amides is 1. The predicted octanol–water partition coefficient (Wildman–Crippen LogP) is 7.17. The van der Waals surface area contributed by atoms with Gasteiger partial charge in [-0.2, -0.15) is 0 Å². The van der Waals surface area contributed by atoms with Crippen molar-refractivity contribution in [3.63, 3.8) is 0 Å². The number of aromatic nitrogens is 1. The summed E-state index contributed by atoms with van der Waals surface area (Å²) in [5.41, 5.74) is 1.63. The van der Waals surface area contributed by atoms with Crippen LogP contribution in [0.25, 0.3) is 17.3 Å². The minimum absolute atomic E-state index is 0.0455. The van der Waals surface area contributed by atoms with Crippen LogP contribution in [0.15, 0.2) is 41.3 Å². The van der Waals surface area contributed by atoms with Crippen LogP contribution in [0.2, 0.25) is 10.0 Å². The van der Waals surface area contributed by atoms with Gasteiger partial charge in [0.05, 0.1) is 22.3 Å². The largest absolute Gasteiger partial charge is 0.478 e. The van der Waals surface area contributed by atoms with Gasteiger partial charge in [-0.15, -0.1) is 11.3 Å². The van der Waals surface area contributed by atoms with E-state index < -0.39 is 17.7 Å². The molecule has 1 amide bonds. The van der Waals surface area contributed by atoms with Gasteiger partial charge in [-0.25, -0.2) is 14.2 Å². The van der Waals surface area contributed by atoms with Crippen LogP contribution in [0.3, 0.4) is 0 Å². The van der Waals surface area contributed by atoms with Crippen molar-refractivity contribution in [1.82, 2.24) is 4.98 Å². The number of nitrogens with zero attached hydrogens (tertiary/aromatic N) is 1. The highest BCUT2D eigenvalue weighted by atomic mass is 35.5. The normalized spacial score (nSPS) is 11.7. The molecule has 2 aromatic carbocycles. The maximum Gasteiger partial charge on any atom is 0.331 e. The second-order valence-corrected chi connectivity index (χ2v) is 9.84. The quantitative estimate of drug-likeness (QED) is 0.283. The molecule has 0 fully saturated rings. The molecule has 35 heavy (non-hydrogen) atoms. The van der Waals surface area contributed by atoms with Crippen molar-refractivity contribution in [3.05, 3.63) is 73.8 Å². The van der Waals surface area contributed by atoms with Crippen molar-refractivity contribution >= 4 is 57.6 Å². The first-order valence-electron chi connectivity index (χ1n) is 10.6. The molecule has 0 spiro atoms. The van der Waals surface area contributed by atoms with Crippen LogP contribution in [-0.4, -0.2) is 28.6 Å². The summed E-state index contributed by atoms with van der Waals surface area (Å²) in [6.07, 6.45) is 1.33. The third kappa shape index (κ3) is 6.89. The van der Waals surface area contributed by atoms with E-state index in [1.54, 1.807) is 23.6 Å². The zero-order valence-corrected chi connectivity index (χ0v) is 21.5. The number of halogens is 3. The molecule has 0 aliphatic heterocycles. The molecule has 10 heteroatoms. The number of carbonyl (C=O) groups is 2. The highest BCUT2D eigenvalue weighted by Crippen LogP contribution is 2.31. The van der Waals surface area contributed by atoms with Crippen LogP contribution in [0, 0.1) is 11.7 Å². The van der Waals surface area contributed by atoms with Crippen molar-refractivity contribution in [1.29, 1.82) is 0 Å². The van der Waals surface area contributed by atoms with Crippen LogP contribution in [-0.2, 0) is 16.1 Å². The number of carbonyl (C=O) groups excluding carboxylic acids is 1. The second kappa shape index (κ2) is 11.8. The van der Waals surface area contributed by atoms with Gasteiger partial charge >= 0.3 is 5.97 Å². The van der Waals surface area contributed by atoms with Crippen molar-refractivity contribution in [2.45, 2.75) is 27.4 Å². The second-order valence-electron chi connectivity index (χ2n) is 8.17. The zero-order valence-electron chi connectivity index (χ0n) is 19.2. The summed E-state index contributed by atoms with van der Waals surface area (Å²) in [5.74, 6) is -1.70. The molecule has 0 unspecified atom stereocenters. The number of benzene rings is 2. The topological polar surface area (TPSA) is 88.5 Å². The number of rotatable bonds is 9. The number of carboxylic acid groups (broad SMARTS) is 1. The molecule has 0 bridgehead atoms. The molecule has 2 N–H and O–H groups in total. The van der Waals surface area contributed by atoms with Crippen molar-refractivity contribution in [2.75, 3.05) is 11.9 Å². The molecule has 0 atom stereocenters. The van der Waals surface area contributed by atoms with Gasteiger partial charge in [0.1, 0.15) is 5.82 Å². The number of anilines is 1. The Kier molecular flexibility index (Phi) is 9.02. The number of carboxylic acids is 1. The molecule has 3 aromatic rings. The Hall–Kier alpha value is -2.78. The molecule has 0 saturated heterocycles. The van der Waals surface area contributed by atoms with Crippen LogP contribution >= 0.6 is 34.5 Å². The van der Waals surface area contributed by atoms with E-state index >= 15 is 4.39 Å². The van der Waals surface area contributed by atoms with Gasteiger partial charge in [-0.3, -0.25) is 10.1 Å². The van der Waals surface area contributed by atoms with Gasteiger partial charge in [0.25, 0.3) is 5.91 Å². The molecule has 1 heterocycles. The number of aliphatic carboxylic acids is 1. The summed E-state index contributed by atoms with van der Waals surface area (Å²) >= 11 is 13.6. The van der Waals surface area contributed by atoms with E-state index in [-0.39, 0.29) is 32.9 Å². The zero-order chi connectivity index (χ0) is 25.7. The SMILES string of the molecule is CC(=Cc1c(Cl)cc(C(=O)Nc2nc(-c3cccc(COCC(C)C)c3F)cs2)cc1Cl)C(=O)O. The van der Waals surface area contributed by atoms with Gasteiger partial charge in [0.15, 0.2) is 5.13 Å². The maximum absolute atomic E-state index is 15.0. The lowest BCUT2D eigenvalue weighted by atomic mass is 10.1. The van der Waals surface area contributed by atoms with E-state index in [2.05, 4.69) is 10.3 Å². The Morgan fingerprint density at radius 1 is 1.26 bits per heavy atom. The van der Waals surface area contributed by atoms with Gasteiger partial charge in [-0.1, -0.05) is 49.2 Å². The fraction of sp³-hybridized carbons (Fsp3) is 0.240. The van der Waals surface area contributed by atoms with Crippen molar-refractivity contribution < 1.29 is 23.8 Å². The molecule has 6 nitrogen and oxygen atoms in total. The van der Waals surface area contributed by atoms with E-state index in [0.29, 0.717) is 34.9 Å². The third-order valence-corrected chi connectivity index (χ3v) is 6.21. The molecule has 0 saturated carbocycles. The first-order chi connectivity index (χ1) is 16.6. The lowest BCUT2D eigenvalue weighted by molar-refractivity contribution is -0.132. The van der Waals surface area contributed by atoms with Gasteiger partial charge < -0.3 is 9.84 Å². The van der Waals surface area contributed by atoms with Crippen LogP contribution in [0.1, 0.15) is 42.3 Å². The Labute approximate surface area is 216 Å². The molecule has 3 rings (SSSR count). The van der Waals surface area contributed by atoms with E-state index in [9.17, 15) is 9.59 Å². The first kappa shape index (κ1) is 26.8. The maximum atomic E-state index is 15.0. The molecular formula is C25H23Cl2FN2O4S. The summed E-state index contributed by atoms with van der Waals surface area (Å²) < 4.78 is 20.6. The van der Waals surface area contributed by atoms with Gasteiger partial charge in [0, 0.05) is 39.8 Å². The monoisotopic (exact) mass is 536 g/mol. The Balaban J connectivity index is 1.77. The summed E-state index contributed by atoms with van der Waals surface area (Å²) in [5, 5.41) is 13.9. The summed E-state index contributed by atoms with van der Waals surface area (Å²) in [4.78, 5) is 28.1. The van der Waals surface area contributed by atoms with Crippen LogP contribution in [0.4, 0.5) is 9.52 Å². The minimum Gasteiger partial charge on any atom is -0.478 e. The molecule has 0 aliphatic rings. The average molecular weight is 537 g/mol. The number of thiazole rings is 1. The molecule has 0 radical (unpaired) electrons. The molecule has 0 aliphatic carbocycles. The van der Waals surface area contributed by atoms with Crippen molar-refractivity contribution in [2.24, 2.45) is 5.92 Å². The Morgan fingerprint density at radius 3 is 2.57 bits per heavy atom. The summed E-state index contributed by atoms with van der Waals surface area (Å²) in [6.45, 7) is 6.13. The van der Waals surface area contributed by atoms with E-state index in [0.717, 1.165) is 11.3 Å². The molecular weight excluding hydrogens is 514 g/mol.